The van der Waals surface area contributed by atoms with Gasteiger partial charge in [0, 0.05) is 19.4 Å². The molecule has 0 saturated carbocycles. The number of hydrogen-bond donors (Lipinski definition) is 0. The number of carbonyl (C=O) groups excluding carboxylic acids is 2. The van der Waals surface area contributed by atoms with Gasteiger partial charge in [-0.3, -0.25) is 9.59 Å². The second-order valence-corrected chi connectivity index (χ2v) is 17.8. The Morgan fingerprint density at radius 1 is 0.359 bits per heavy atom. The zero-order valence-electron chi connectivity index (χ0n) is 42.3. The summed E-state index contributed by atoms with van der Waals surface area (Å²) in [5.74, 6) is -0.501. The van der Waals surface area contributed by atoms with Crippen molar-refractivity contribution < 1.29 is 23.8 Å². The molecule has 0 aliphatic heterocycles. The minimum Gasteiger partial charge on any atom is -0.462 e. The van der Waals surface area contributed by atoms with Gasteiger partial charge in [0.1, 0.15) is 6.61 Å². The highest BCUT2D eigenvalue weighted by molar-refractivity contribution is 5.70. The number of esters is 2. The maximum absolute atomic E-state index is 12.8. The van der Waals surface area contributed by atoms with E-state index >= 15 is 0 Å². The topological polar surface area (TPSA) is 61.8 Å². The van der Waals surface area contributed by atoms with Crippen molar-refractivity contribution >= 4 is 11.9 Å². The first kappa shape index (κ1) is 61.1. The van der Waals surface area contributed by atoms with E-state index in [4.69, 9.17) is 14.2 Å². The first-order valence-corrected chi connectivity index (χ1v) is 27.1. The summed E-state index contributed by atoms with van der Waals surface area (Å²) in [4.78, 5) is 25.4. The highest BCUT2D eigenvalue weighted by Gasteiger charge is 2.17. The van der Waals surface area contributed by atoms with Crippen molar-refractivity contribution in [2.45, 2.75) is 258 Å². The van der Waals surface area contributed by atoms with E-state index in [9.17, 15) is 9.59 Å². The summed E-state index contributed by atoms with van der Waals surface area (Å²) >= 11 is 0. The number of ether oxygens (including phenoxy) is 3. The lowest BCUT2D eigenvalue weighted by Gasteiger charge is -2.18. The Balaban J connectivity index is 4.34. The van der Waals surface area contributed by atoms with Gasteiger partial charge in [0.2, 0.25) is 0 Å². The van der Waals surface area contributed by atoms with Crippen LogP contribution in [0.25, 0.3) is 0 Å². The van der Waals surface area contributed by atoms with Gasteiger partial charge in [0.05, 0.1) is 6.61 Å². The monoisotopic (exact) mass is 891 g/mol. The van der Waals surface area contributed by atoms with Crippen LogP contribution in [0.2, 0.25) is 0 Å². The Kier molecular flexibility index (Phi) is 51.9. The normalized spacial score (nSPS) is 12.9. The molecule has 64 heavy (non-hydrogen) atoms. The molecular weight excluding hydrogens is 789 g/mol. The lowest BCUT2D eigenvalue weighted by Crippen LogP contribution is -2.30. The van der Waals surface area contributed by atoms with Gasteiger partial charge in [-0.25, -0.2) is 0 Å². The lowest BCUT2D eigenvalue weighted by atomic mass is 10.0. The predicted molar refractivity (Wildman–Crippen MR) is 279 cm³/mol. The average Bonchev–Trinajstić information content (AvgIpc) is 3.30. The molecule has 0 amide bonds. The molecule has 0 fully saturated rings. The molecule has 0 radical (unpaired) electrons. The molecule has 0 aliphatic rings. The zero-order chi connectivity index (χ0) is 46.3. The van der Waals surface area contributed by atoms with E-state index in [0.29, 0.717) is 25.9 Å². The Morgan fingerprint density at radius 3 is 1.22 bits per heavy atom. The van der Waals surface area contributed by atoms with Crippen molar-refractivity contribution in [2.24, 2.45) is 0 Å². The zero-order valence-corrected chi connectivity index (χ0v) is 42.3. The van der Waals surface area contributed by atoms with E-state index in [1.54, 1.807) is 0 Å². The summed E-state index contributed by atoms with van der Waals surface area (Å²) < 4.78 is 17.4. The SMILES string of the molecule is CC/C=C\C/C=C\C/C=C\C/C=C\CCC(=O)OC(COCCCCCCCCCCCCCCCCCC)COC(=O)CCCCCCCC/C=C\C/C=C\C/C=C\CCCCC. The van der Waals surface area contributed by atoms with Gasteiger partial charge in [-0.05, 0) is 83.5 Å². The Morgan fingerprint density at radius 2 is 0.734 bits per heavy atom. The first-order chi connectivity index (χ1) is 31.6. The molecule has 0 bridgehead atoms. The highest BCUT2D eigenvalue weighted by Crippen LogP contribution is 2.15. The first-order valence-electron chi connectivity index (χ1n) is 27.1. The number of carbonyl (C=O) groups is 2. The van der Waals surface area contributed by atoms with Crippen molar-refractivity contribution in [1.82, 2.24) is 0 Å². The molecule has 0 aromatic heterocycles. The maximum Gasteiger partial charge on any atom is 0.306 e. The van der Waals surface area contributed by atoms with Crippen LogP contribution >= 0.6 is 0 Å². The summed E-state index contributed by atoms with van der Waals surface area (Å²) in [5.41, 5.74) is 0. The molecule has 368 valence electrons. The maximum atomic E-state index is 12.8. The fourth-order valence-corrected chi connectivity index (χ4v) is 7.41. The third kappa shape index (κ3) is 51.7. The van der Waals surface area contributed by atoms with Crippen LogP contribution < -0.4 is 0 Å². The fraction of sp³-hybridized carbons (Fsp3) is 0.729. The molecular formula is C59H102O5. The second kappa shape index (κ2) is 54.4. The van der Waals surface area contributed by atoms with Gasteiger partial charge in [-0.2, -0.15) is 0 Å². The van der Waals surface area contributed by atoms with Crippen molar-refractivity contribution in [3.8, 4) is 0 Å². The third-order valence-electron chi connectivity index (χ3n) is 11.4. The fourth-order valence-electron chi connectivity index (χ4n) is 7.41. The van der Waals surface area contributed by atoms with Crippen LogP contribution in [-0.2, 0) is 23.8 Å². The molecule has 1 atom stereocenters. The van der Waals surface area contributed by atoms with Gasteiger partial charge >= 0.3 is 11.9 Å². The standard InChI is InChI=1S/C59H102O5/c1-4-7-10-13-16-19-22-25-27-29-30-31-32-35-37-40-43-46-49-52-58(60)63-56-57(64-59(61)53-50-47-44-41-38-34-24-21-18-15-12-9-6-3)55-62-54-51-48-45-42-39-36-33-28-26-23-20-17-14-11-8-5-2/h9,12,16,18-19,21,25,27,30-31,34,38,44,47,57H,4-8,10-11,13-15,17,20,22-24,26,28-29,32-33,35-37,39-43,45-46,48-56H2,1-3H3/b12-9-,19-16-,21-18-,27-25-,31-30-,38-34-,47-44-. The second-order valence-electron chi connectivity index (χ2n) is 17.8. The van der Waals surface area contributed by atoms with Crippen molar-refractivity contribution in [3.05, 3.63) is 85.1 Å². The summed E-state index contributed by atoms with van der Waals surface area (Å²) in [6.45, 7) is 7.62. The van der Waals surface area contributed by atoms with Crippen LogP contribution in [0, 0.1) is 0 Å². The van der Waals surface area contributed by atoms with Crippen molar-refractivity contribution in [3.63, 3.8) is 0 Å². The van der Waals surface area contributed by atoms with Crippen LogP contribution in [0.15, 0.2) is 85.1 Å². The lowest BCUT2D eigenvalue weighted by molar-refractivity contribution is -0.162. The van der Waals surface area contributed by atoms with E-state index in [1.165, 1.54) is 135 Å². The predicted octanol–water partition coefficient (Wildman–Crippen LogP) is 18.5. The Hall–Kier alpha value is -2.92. The van der Waals surface area contributed by atoms with Crippen molar-refractivity contribution in [2.75, 3.05) is 19.8 Å². The molecule has 0 aromatic carbocycles. The van der Waals surface area contributed by atoms with Gasteiger partial charge in [-0.1, -0.05) is 241 Å². The number of hydrogen-bond acceptors (Lipinski definition) is 5. The van der Waals surface area contributed by atoms with Crippen LogP contribution in [0.3, 0.4) is 0 Å². The molecule has 0 aliphatic carbocycles. The van der Waals surface area contributed by atoms with Crippen molar-refractivity contribution in [1.29, 1.82) is 0 Å². The molecule has 0 N–H and O–H groups in total. The molecule has 0 aromatic rings. The smallest absolute Gasteiger partial charge is 0.306 e. The summed E-state index contributed by atoms with van der Waals surface area (Å²) in [5, 5.41) is 0. The molecule has 0 rings (SSSR count). The molecule has 0 heterocycles. The molecule has 1 unspecified atom stereocenters. The summed E-state index contributed by atoms with van der Waals surface area (Å²) in [7, 11) is 0. The molecule has 5 heteroatoms. The number of allylic oxidation sites excluding steroid dienone is 14. The van der Waals surface area contributed by atoms with Gasteiger partial charge in [-0.15, -0.1) is 0 Å². The Labute approximate surface area is 397 Å². The number of unbranched alkanes of at least 4 members (excludes halogenated alkanes) is 24. The van der Waals surface area contributed by atoms with Crippen LogP contribution in [0.4, 0.5) is 0 Å². The highest BCUT2D eigenvalue weighted by atomic mass is 16.6. The number of rotatable bonds is 49. The third-order valence-corrected chi connectivity index (χ3v) is 11.4. The minimum absolute atomic E-state index is 0.0486. The largest absolute Gasteiger partial charge is 0.462 e. The van der Waals surface area contributed by atoms with E-state index in [1.807, 2.05) is 6.08 Å². The van der Waals surface area contributed by atoms with E-state index in [2.05, 4.69) is 99.8 Å². The van der Waals surface area contributed by atoms with E-state index in [0.717, 1.165) is 77.0 Å². The molecule has 0 saturated heterocycles. The molecule has 0 spiro atoms. The van der Waals surface area contributed by atoms with Crippen LogP contribution in [0.1, 0.15) is 252 Å². The summed E-state index contributed by atoms with van der Waals surface area (Å²) in [6, 6.07) is 0. The average molecular weight is 891 g/mol. The quantitative estimate of drug-likeness (QED) is 0.0346. The van der Waals surface area contributed by atoms with Gasteiger partial charge < -0.3 is 14.2 Å². The summed E-state index contributed by atoms with van der Waals surface area (Å²) in [6.07, 6.45) is 71.8. The molecule has 5 nitrogen and oxygen atoms in total. The van der Waals surface area contributed by atoms with Crippen LogP contribution in [-0.4, -0.2) is 37.9 Å². The Bertz CT molecular complexity index is 1190. The van der Waals surface area contributed by atoms with Gasteiger partial charge in [0.15, 0.2) is 6.10 Å². The van der Waals surface area contributed by atoms with E-state index < -0.39 is 6.10 Å². The van der Waals surface area contributed by atoms with E-state index in [-0.39, 0.29) is 25.2 Å². The minimum atomic E-state index is -0.581. The van der Waals surface area contributed by atoms with Crippen LogP contribution in [0.5, 0.6) is 0 Å². The van der Waals surface area contributed by atoms with Gasteiger partial charge in [0.25, 0.3) is 0 Å².